The minimum absolute atomic E-state index is 0.197. The van der Waals surface area contributed by atoms with Gasteiger partial charge in [0, 0.05) is 44.7 Å². The predicted octanol–water partition coefficient (Wildman–Crippen LogP) is 12.0. The molecule has 2 heterocycles. The Balaban J connectivity index is 1.19. The molecular formula is C46H32N2. The van der Waals surface area contributed by atoms with Crippen LogP contribution in [0.4, 0.5) is 11.4 Å². The van der Waals surface area contributed by atoms with Gasteiger partial charge in [-0.2, -0.15) is 0 Å². The van der Waals surface area contributed by atoms with E-state index < -0.39 is 0 Å². The Morgan fingerprint density at radius 1 is 0.438 bits per heavy atom. The van der Waals surface area contributed by atoms with Crippen molar-refractivity contribution in [3.8, 4) is 27.9 Å². The fraction of sp³-hybridized carbons (Fsp3) is 0.0435. The Labute approximate surface area is 280 Å². The second kappa shape index (κ2) is 10.7. The summed E-state index contributed by atoms with van der Waals surface area (Å²) in [5.41, 5.74) is 12.5. The van der Waals surface area contributed by atoms with Gasteiger partial charge in [-0.15, -0.1) is 0 Å². The predicted molar refractivity (Wildman–Crippen MR) is 203 cm³/mol. The third-order valence-corrected chi connectivity index (χ3v) is 10.3. The van der Waals surface area contributed by atoms with Gasteiger partial charge in [0.05, 0.1) is 17.1 Å². The molecule has 10 rings (SSSR count). The lowest BCUT2D eigenvalue weighted by Crippen LogP contribution is -2.28. The van der Waals surface area contributed by atoms with Crippen molar-refractivity contribution in [2.75, 3.05) is 4.90 Å². The quantitative estimate of drug-likeness (QED) is 0.192. The van der Waals surface area contributed by atoms with E-state index >= 15 is 0 Å². The summed E-state index contributed by atoms with van der Waals surface area (Å²) in [6.07, 6.45) is 9.22. The maximum absolute atomic E-state index is 2.58. The van der Waals surface area contributed by atoms with Crippen molar-refractivity contribution in [3.63, 3.8) is 0 Å². The van der Waals surface area contributed by atoms with Gasteiger partial charge in [0.15, 0.2) is 0 Å². The molecule has 0 amide bonds. The fourth-order valence-electron chi connectivity index (χ4n) is 8.17. The summed E-state index contributed by atoms with van der Waals surface area (Å²) in [6, 6.07) is 57.8. The van der Waals surface area contributed by atoms with E-state index in [4.69, 9.17) is 0 Å². The van der Waals surface area contributed by atoms with E-state index in [0.29, 0.717) is 0 Å². The van der Waals surface area contributed by atoms with Crippen LogP contribution >= 0.6 is 0 Å². The Bertz CT molecular complexity index is 2560. The van der Waals surface area contributed by atoms with Crippen molar-refractivity contribution in [2.24, 2.45) is 0 Å². The van der Waals surface area contributed by atoms with Gasteiger partial charge in [-0.1, -0.05) is 152 Å². The van der Waals surface area contributed by atoms with Gasteiger partial charge in [0.2, 0.25) is 0 Å². The van der Waals surface area contributed by atoms with Gasteiger partial charge in [0.25, 0.3) is 0 Å². The number of hydrogen-bond donors (Lipinski definition) is 0. The molecule has 226 valence electrons. The minimum atomic E-state index is 0.197. The lowest BCUT2D eigenvalue weighted by molar-refractivity contribution is 0.747. The number of allylic oxidation sites excluding steroid dienone is 2. The highest BCUT2D eigenvalue weighted by molar-refractivity contribution is 6.13. The average molecular weight is 613 g/mol. The SMILES string of the molecule is C1=CC2c3c(ccc4c5ccccc5n(-c5cccc(-c6ccc(-c7ccccc7)cc6)c5)c34)N(c3cccc4ccccc34)C2C=C1. The van der Waals surface area contributed by atoms with E-state index in [0.717, 1.165) is 0 Å². The molecule has 0 radical (unpaired) electrons. The second-order valence-corrected chi connectivity index (χ2v) is 12.9. The topological polar surface area (TPSA) is 8.17 Å². The van der Waals surface area contributed by atoms with Crippen molar-refractivity contribution in [1.82, 2.24) is 4.57 Å². The minimum Gasteiger partial charge on any atom is -0.333 e. The van der Waals surface area contributed by atoms with Crippen molar-refractivity contribution in [3.05, 3.63) is 188 Å². The van der Waals surface area contributed by atoms with E-state index in [2.05, 4.69) is 191 Å². The lowest BCUT2D eigenvalue weighted by atomic mass is 9.90. The maximum atomic E-state index is 2.58. The largest absolute Gasteiger partial charge is 0.333 e. The highest BCUT2D eigenvalue weighted by Gasteiger charge is 2.40. The van der Waals surface area contributed by atoms with Crippen LogP contribution in [0.15, 0.2) is 182 Å². The van der Waals surface area contributed by atoms with Crippen molar-refractivity contribution in [1.29, 1.82) is 0 Å². The number of para-hydroxylation sites is 1. The molecule has 2 heteroatoms. The van der Waals surface area contributed by atoms with Crippen molar-refractivity contribution in [2.45, 2.75) is 12.0 Å². The van der Waals surface area contributed by atoms with Crippen LogP contribution in [-0.2, 0) is 0 Å². The van der Waals surface area contributed by atoms with E-state index in [-0.39, 0.29) is 12.0 Å². The number of fused-ring (bicyclic) bond motifs is 8. The Morgan fingerprint density at radius 3 is 1.98 bits per heavy atom. The zero-order chi connectivity index (χ0) is 31.6. The van der Waals surface area contributed by atoms with Crippen LogP contribution in [0.3, 0.4) is 0 Å². The molecule has 1 aliphatic heterocycles. The summed E-state index contributed by atoms with van der Waals surface area (Å²) >= 11 is 0. The molecular weight excluding hydrogens is 581 g/mol. The molecule has 2 unspecified atom stereocenters. The van der Waals surface area contributed by atoms with Crippen molar-refractivity contribution < 1.29 is 0 Å². The monoisotopic (exact) mass is 612 g/mol. The molecule has 2 aliphatic rings. The van der Waals surface area contributed by atoms with Gasteiger partial charge in [-0.05, 0) is 58.0 Å². The summed E-state index contributed by atoms with van der Waals surface area (Å²) in [6.45, 7) is 0. The Morgan fingerprint density at radius 2 is 1.10 bits per heavy atom. The molecule has 0 spiro atoms. The van der Waals surface area contributed by atoms with E-state index in [9.17, 15) is 0 Å². The van der Waals surface area contributed by atoms with Crippen LogP contribution in [0.2, 0.25) is 0 Å². The highest BCUT2D eigenvalue weighted by Crippen LogP contribution is 2.53. The third-order valence-electron chi connectivity index (χ3n) is 10.3. The van der Waals surface area contributed by atoms with Crippen LogP contribution in [0.25, 0.3) is 60.5 Å². The molecule has 0 bridgehead atoms. The lowest BCUT2D eigenvalue weighted by Gasteiger charge is -2.29. The van der Waals surface area contributed by atoms with Crippen LogP contribution in [0.5, 0.6) is 0 Å². The number of benzene rings is 7. The number of aromatic nitrogens is 1. The maximum Gasteiger partial charge on any atom is 0.0630 e. The second-order valence-electron chi connectivity index (χ2n) is 12.9. The van der Waals surface area contributed by atoms with Gasteiger partial charge in [-0.25, -0.2) is 0 Å². The fourth-order valence-corrected chi connectivity index (χ4v) is 8.17. The molecule has 0 fully saturated rings. The molecule has 1 aromatic heterocycles. The number of anilines is 2. The van der Waals surface area contributed by atoms with E-state index in [1.165, 1.54) is 77.5 Å². The molecule has 2 nitrogen and oxygen atoms in total. The third kappa shape index (κ3) is 4.06. The average Bonchev–Trinajstić information content (AvgIpc) is 3.68. The zero-order valence-corrected chi connectivity index (χ0v) is 26.4. The molecule has 2 atom stereocenters. The smallest absolute Gasteiger partial charge is 0.0630 e. The number of rotatable bonds is 4. The Kier molecular flexibility index (Phi) is 6.04. The van der Waals surface area contributed by atoms with E-state index in [1.54, 1.807) is 0 Å². The zero-order valence-electron chi connectivity index (χ0n) is 26.4. The molecule has 0 N–H and O–H groups in total. The van der Waals surface area contributed by atoms with Gasteiger partial charge in [0.1, 0.15) is 0 Å². The van der Waals surface area contributed by atoms with Gasteiger partial charge >= 0.3 is 0 Å². The Hall–Kier alpha value is -6.12. The van der Waals surface area contributed by atoms with Gasteiger partial charge < -0.3 is 9.47 Å². The first kappa shape index (κ1) is 27.0. The standard InChI is InChI=1S/C46H32N2/c1-2-12-31(13-3-1)32-24-26-33(27-25-32)35-16-10-17-36(30-35)47-42-21-8-6-19-38(42)39-28-29-44-45(46(39)47)40-20-7-9-22-43(40)48(44)41-23-11-15-34-14-4-5-18-37(34)41/h1-30,40,43H. The molecule has 7 aromatic carbocycles. The first-order valence-electron chi connectivity index (χ1n) is 16.8. The van der Waals surface area contributed by atoms with E-state index in [1.807, 2.05) is 0 Å². The molecule has 1 aliphatic carbocycles. The summed E-state index contributed by atoms with van der Waals surface area (Å²) in [5.74, 6) is 0.226. The summed E-state index contributed by atoms with van der Waals surface area (Å²) in [7, 11) is 0. The van der Waals surface area contributed by atoms with Crippen LogP contribution in [0, 0.1) is 0 Å². The normalized spacial score (nSPS) is 16.5. The number of hydrogen-bond acceptors (Lipinski definition) is 1. The first-order valence-corrected chi connectivity index (χ1v) is 16.8. The molecule has 0 saturated heterocycles. The molecule has 0 saturated carbocycles. The van der Waals surface area contributed by atoms with Crippen LogP contribution < -0.4 is 4.90 Å². The van der Waals surface area contributed by atoms with Crippen LogP contribution in [-0.4, -0.2) is 10.6 Å². The summed E-state index contributed by atoms with van der Waals surface area (Å²) < 4.78 is 2.52. The summed E-state index contributed by atoms with van der Waals surface area (Å²) in [4.78, 5) is 2.58. The van der Waals surface area contributed by atoms with Crippen LogP contribution in [0.1, 0.15) is 11.5 Å². The van der Waals surface area contributed by atoms with Crippen molar-refractivity contribution >= 4 is 44.0 Å². The number of nitrogens with zero attached hydrogens (tertiary/aromatic N) is 2. The summed E-state index contributed by atoms with van der Waals surface area (Å²) in [5, 5.41) is 5.12. The molecule has 8 aromatic rings. The first-order chi connectivity index (χ1) is 23.8. The molecule has 48 heavy (non-hydrogen) atoms. The highest BCUT2D eigenvalue weighted by atomic mass is 15.2. The van der Waals surface area contributed by atoms with Gasteiger partial charge in [-0.3, -0.25) is 0 Å².